The summed E-state index contributed by atoms with van der Waals surface area (Å²) in [5, 5.41) is 0.586. The Kier molecular flexibility index (Phi) is 5.22. The smallest absolute Gasteiger partial charge is 0.487 e. The standard InChI is InChI=1S/C19H21BBrClO3/c1-18(2)19(3,4)25-20(24-18)14-7-5-13(6-8-14)12-23-17-10-9-15(21)11-16(17)22/h5-11H,12H2,1-4H3. The van der Waals surface area contributed by atoms with Crippen LogP contribution in [-0.4, -0.2) is 18.3 Å². The van der Waals surface area contributed by atoms with Gasteiger partial charge < -0.3 is 14.0 Å². The summed E-state index contributed by atoms with van der Waals surface area (Å²) < 4.78 is 18.9. The first kappa shape index (κ1) is 18.8. The van der Waals surface area contributed by atoms with Crippen molar-refractivity contribution in [3.63, 3.8) is 0 Å². The largest absolute Gasteiger partial charge is 0.494 e. The third kappa shape index (κ3) is 4.06. The average molecular weight is 424 g/mol. The van der Waals surface area contributed by atoms with Crippen molar-refractivity contribution < 1.29 is 14.0 Å². The van der Waals surface area contributed by atoms with Crippen molar-refractivity contribution in [3.8, 4) is 5.75 Å². The van der Waals surface area contributed by atoms with E-state index in [1.165, 1.54) is 0 Å². The Hall–Kier alpha value is -1.01. The summed E-state index contributed by atoms with van der Waals surface area (Å²) in [6.45, 7) is 8.66. The Labute approximate surface area is 162 Å². The van der Waals surface area contributed by atoms with E-state index in [9.17, 15) is 0 Å². The van der Waals surface area contributed by atoms with Crippen LogP contribution in [0.1, 0.15) is 33.3 Å². The van der Waals surface area contributed by atoms with Gasteiger partial charge in [-0.05, 0) is 56.9 Å². The average Bonchev–Trinajstić information content (AvgIpc) is 2.75. The molecule has 2 aromatic rings. The first-order chi connectivity index (χ1) is 11.7. The molecule has 0 spiro atoms. The van der Waals surface area contributed by atoms with Crippen LogP contribution in [0.3, 0.4) is 0 Å². The molecule has 1 aliphatic rings. The maximum Gasteiger partial charge on any atom is 0.494 e. The predicted octanol–water partition coefficient (Wildman–Crippen LogP) is 4.98. The highest BCUT2D eigenvalue weighted by Gasteiger charge is 2.51. The highest BCUT2D eigenvalue weighted by Crippen LogP contribution is 2.36. The van der Waals surface area contributed by atoms with Crippen LogP contribution in [0.25, 0.3) is 0 Å². The van der Waals surface area contributed by atoms with Gasteiger partial charge in [0.15, 0.2) is 0 Å². The van der Waals surface area contributed by atoms with E-state index in [1.807, 2.05) is 42.5 Å². The minimum Gasteiger partial charge on any atom is -0.487 e. The molecule has 0 aliphatic carbocycles. The second kappa shape index (κ2) is 6.95. The molecule has 0 amide bonds. The van der Waals surface area contributed by atoms with Gasteiger partial charge in [0, 0.05) is 4.47 Å². The van der Waals surface area contributed by atoms with Crippen LogP contribution in [-0.2, 0) is 15.9 Å². The fourth-order valence-electron chi connectivity index (χ4n) is 2.50. The Morgan fingerprint density at radius 3 is 2.16 bits per heavy atom. The normalized spacial score (nSPS) is 18.4. The van der Waals surface area contributed by atoms with Crippen LogP contribution >= 0.6 is 27.5 Å². The fraction of sp³-hybridized carbons (Fsp3) is 0.368. The molecule has 1 heterocycles. The van der Waals surface area contributed by atoms with E-state index >= 15 is 0 Å². The Balaban J connectivity index is 1.65. The van der Waals surface area contributed by atoms with Crippen LogP contribution in [0.4, 0.5) is 0 Å². The molecule has 2 aromatic carbocycles. The van der Waals surface area contributed by atoms with Crippen molar-refractivity contribution in [3.05, 3.63) is 57.5 Å². The summed E-state index contributed by atoms with van der Waals surface area (Å²) >= 11 is 9.56. The van der Waals surface area contributed by atoms with Crippen LogP contribution < -0.4 is 10.2 Å². The Bertz CT molecular complexity index is 746. The summed E-state index contributed by atoms with van der Waals surface area (Å²) in [5.74, 6) is 0.667. The molecule has 1 saturated heterocycles. The maximum absolute atomic E-state index is 6.17. The molecule has 0 radical (unpaired) electrons. The lowest BCUT2D eigenvalue weighted by atomic mass is 9.79. The molecule has 1 fully saturated rings. The van der Waals surface area contributed by atoms with Gasteiger partial charge in [-0.25, -0.2) is 0 Å². The molecule has 6 heteroatoms. The number of ether oxygens (including phenoxy) is 1. The zero-order chi connectivity index (χ0) is 18.2. The van der Waals surface area contributed by atoms with E-state index in [4.69, 9.17) is 25.6 Å². The lowest BCUT2D eigenvalue weighted by Gasteiger charge is -2.32. The molecule has 3 nitrogen and oxygen atoms in total. The Morgan fingerprint density at radius 2 is 1.60 bits per heavy atom. The third-order valence-electron chi connectivity index (χ3n) is 4.79. The van der Waals surface area contributed by atoms with Crippen molar-refractivity contribution in [2.75, 3.05) is 0 Å². The Morgan fingerprint density at radius 1 is 1.00 bits per heavy atom. The second-order valence-electron chi connectivity index (χ2n) is 7.19. The SMILES string of the molecule is CC1(C)OB(c2ccc(COc3ccc(Br)cc3Cl)cc2)OC1(C)C. The van der Waals surface area contributed by atoms with Gasteiger partial charge in [-0.15, -0.1) is 0 Å². The van der Waals surface area contributed by atoms with E-state index in [0.717, 1.165) is 15.5 Å². The van der Waals surface area contributed by atoms with E-state index < -0.39 is 0 Å². The van der Waals surface area contributed by atoms with Crippen LogP contribution in [0, 0.1) is 0 Å². The number of halogens is 2. The van der Waals surface area contributed by atoms with E-state index in [2.05, 4.69) is 43.6 Å². The second-order valence-corrected chi connectivity index (χ2v) is 8.52. The number of rotatable bonds is 4. The zero-order valence-corrected chi connectivity index (χ0v) is 17.1. The van der Waals surface area contributed by atoms with Crippen molar-refractivity contribution >= 4 is 40.1 Å². The summed E-state index contributed by atoms with van der Waals surface area (Å²) in [6.07, 6.45) is 0. The summed E-state index contributed by atoms with van der Waals surface area (Å²) in [6, 6.07) is 13.7. The van der Waals surface area contributed by atoms with Crippen molar-refractivity contribution in [1.29, 1.82) is 0 Å². The monoisotopic (exact) mass is 422 g/mol. The van der Waals surface area contributed by atoms with Gasteiger partial charge in [-0.1, -0.05) is 51.8 Å². The minimum absolute atomic E-state index is 0.336. The molecule has 0 N–H and O–H groups in total. The van der Waals surface area contributed by atoms with Gasteiger partial charge in [0.05, 0.1) is 16.2 Å². The molecule has 0 unspecified atom stereocenters. The van der Waals surface area contributed by atoms with Crippen LogP contribution in [0.5, 0.6) is 5.75 Å². The molecule has 0 aromatic heterocycles. The van der Waals surface area contributed by atoms with E-state index in [-0.39, 0.29) is 18.3 Å². The predicted molar refractivity (Wildman–Crippen MR) is 106 cm³/mol. The minimum atomic E-state index is -0.346. The maximum atomic E-state index is 6.17. The number of benzene rings is 2. The molecule has 3 rings (SSSR count). The van der Waals surface area contributed by atoms with Gasteiger partial charge in [-0.3, -0.25) is 0 Å². The molecule has 0 saturated carbocycles. The topological polar surface area (TPSA) is 27.7 Å². The van der Waals surface area contributed by atoms with Gasteiger partial charge in [-0.2, -0.15) is 0 Å². The molecule has 132 valence electrons. The highest BCUT2D eigenvalue weighted by atomic mass is 79.9. The fourth-order valence-corrected chi connectivity index (χ4v) is 3.23. The van der Waals surface area contributed by atoms with Crippen LogP contribution in [0.15, 0.2) is 46.9 Å². The van der Waals surface area contributed by atoms with E-state index in [0.29, 0.717) is 17.4 Å². The van der Waals surface area contributed by atoms with Gasteiger partial charge in [0.25, 0.3) is 0 Å². The molecule has 0 atom stereocenters. The zero-order valence-electron chi connectivity index (χ0n) is 14.8. The highest BCUT2D eigenvalue weighted by molar-refractivity contribution is 9.10. The molecule has 0 bridgehead atoms. The number of hydrogen-bond donors (Lipinski definition) is 0. The van der Waals surface area contributed by atoms with Crippen LogP contribution in [0.2, 0.25) is 5.02 Å². The van der Waals surface area contributed by atoms with E-state index in [1.54, 1.807) is 0 Å². The number of hydrogen-bond acceptors (Lipinski definition) is 3. The summed E-state index contributed by atoms with van der Waals surface area (Å²) in [4.78, 5) is 0. The first-order valence-electron chi connectivity index (χ1n) is 8.20. The van der Waals surface area contributed by atoms with Crippen molar-refractivity contribution in [2.45, 2.75) is 45.5 Å². The van der Waals surface area contributed by atoms with Gasteiger partial charge in [0.1, 0.15) is 12.4 Å². The molecule has 25 heavy (non-hydrogen) atoms. The lowest BCUT2D eigenvalue weighted by Crippen LogP contribution is -2.41. The van der Waals surface area contributed by atoms with Gasteiger partial charge >= 0.3 is 7.12 Å². The molecule has 1 aliphatic heterocycles. The quantitative estimate of drug-likeness (QED) is 0.649. The lowest BCUT2D eigenvalue weighted by molar-refractivity contribution is 0.00578. The first-order valence-corrected chi connectivity index (χ1v) is 9.37. The molecular weight excluding hydrogens is 402 g/mol. The van der Waals surface area contributed by atoms with Crippen molar-refractivity contribution in [1.82, 2.24) is 0 Å². The van der Waals surface area contributed by atoms with Crippen molar-refractivity contribution in [2.24, 2.45) is 0 Å². The third-order valence-corrected chi connectivity index (χ3v) is 5.58. The molecular formula is C19H21BBrClO3. The summed E-state index contributed by atoms with van der Waals surface area (Å²) in [7, 11) is -0.346. The van der Waals surface area contributed by atoms with Gasteiger partial charge in [0.2, 0.25) is 0 Å². The summed E-state index contributed by atoms with van der Waals surface area (Å²) in [5.41, 5.74) is 1.39.